The normalized spacial score (nSPS) is 28.3. The summed E-state index contributed by atoms with van der Waals surface area (Å²) in [4.78, 5) is 43.0. The molecule has 5 nitrogen and oxygen atoms in total. The van der Waals surface area contributed by atoms with Crippen LogP contribution in [0.1, 0.15) is 26.3 Å². The zero-order chi connectivity index (χ0) is 20.4. The van der Waals surface area contributed by atoms with Crippen molar-refractivity contribution < 1.29 is 14.4 Å². The molecular weight excluding hydrogens is 420 g/mol. The van der Waals surface area contributed by atoms with E-state index in [-0.39, 0.29) is 30.2 Å². The van der Waals surface area contributed by atoms with Crippen LogP contribution in [0.2, 0.25) is 0 Å². The Morgan fingerprint density at radius 2 is 1.89 bits per heavy atom. The van der Waals surface area contributed by atoms with Crippen LogP contribution < -0.4 is 4.90 Å². The van der Waals surface area contributed by atoms with Crippen molar-refractivity contribution in [2.24, 2.45) is 17.3 Å². The van der Waals surface area contributed by atoms with Crippen molar-refractivity contribution in [2.75, 3.05) is 11.4 Å². The molecule has 3 aliphatic heterocycles. The smallest absolute Gasteiger partial charge is 0.236 e. The van der Waals surface area contributed by atoms with Gasteiger partial charge in [-0.25, -0.2) is 0 Å². The molecule has 2 fully saturated rings. The molecule has 28 heavy (non-hydrogen) atoms. The minimum Gasteiger partial charge on any atom is -0.353 e. The molecule has 3 heterocycles. The van der Waals surface area contributed by atoms with Gasteiger partial charge in [0.05, 0.1) is 17.9 Å². The molecule has 0 aliphatic carbocycles. The minimum absolute atomic E-state index is 0.0178. The minimum atomic E-state index is -0.663. The van der Waals surface area contributed by atoms with Gasteiger partial charge in [-0.2, -0.15) is 0 Å². The van der Waals surface area contributed by atoms with Gasteiger partial charge in [0.25, 0.3) is 0 Å². The zero-order valence-corrected chi connectivity index (χ0v) is 17.8. The van der Waals surface area contributed by atoms with Gasteiger partial charge in [0.1, 0.15) is 6.04 Å². The molecule has 0 bridgehead atoms. The number of amides is 2. The third-order valence-corrected chi connectivity index (χ3v) is 6.37. The van der Waals surface area contributed by atoms with E-state index in [0.29, 0.717) is 0 Å². The van der Waals surface area contributed by atoms with Gasteiger partial charge in [-0.05, 0) is 23.8 Å². The van der Waals surface area contributed by atoms with Gasteiger partial charge in [0.15, 0.2) is 5.78 Å². The largest absolute Gasteiger partial charge is 0.353 e. The number of halogens is 1. The first-order valence-electron chi connectivity index (χ1n) is 9.43. The van der Waals surface area contributed by atoms with Crippen molar-refractivity contribution >= 4 is 45.3 Å². The molecule has 0 spiro atoms. The van der Waals surface area contributed by atoms with E-state index in [4.69, 9.17) is 0 Å². The summed E-state index contributed by atoms with van der Waals surface area (Å²) in [6, 6.07) is 4.90. The van der Waals surface area contributed by atoms with Gasteiger partial charge >= 0.3 is 0 Å². The van der Waals surface area contributed by atoms with E-state index in [1.165, 1.54) is 4.90 Å². The monoisotopic (exact) mass is 442 g/mol. The van der Waals surface area contributed by atoms with Crippen LogP contribution >= 0.6 is 15.9 Å². The molecule has 1 aromatic rings. The number of rotatable bonds is 3. The number of Topliss-reactive ketones (excluding diaryl/α,β-unsaturated/α-hetero) is 1. The van der Waals surface area contributed by atoms with Crippen molar-refractivity contribution in [3.8, 4) is 0 Å². The number of hydrogen-bond acceptors (Lipinski definition) is 4. The second-order valence-corrected chi connectivity index (χ2v) is 9.56. The number of imide groups is 1. The van der Waals surface area contributed by atoms with E-state index in [9.17, 15) is 14.4 Å². The van der Waals surface area contributed by atoms with Crippen LogP contribution in [-0.4, -0.2) is 41.1 Å². The molecule has 146 valence electrons. The van der Waals surface area contributed by atoms with Crippen molar-refractivity contribution in [1.82, 2.24) is 4.90 Å². The lowest BCUT2D eigenvalue weighted by atomic mass is 9.79. The molecule has 0 N–H and O–H groups in total. The van der Waals surface area contributed by atoms with Crippen molar-refractivity contribution in [2.45, 2.75) is 32.9 Å². The fourth-order valence-corrected chi connectivity index (χ4v) is 5.04. The summed E-state index contributed by atoms with van der Waals surface area (Å²) < 4.78 is 0.941. The molecule has 3 aliphatic rings. The van der Waals surface area contributed by atoms with Crippen LogP contribution in [0.4, 0.5) is 5.69 Å². The van der Waals surface area contributed by atoms with E-state index in [0.717, 1.165) is 15.7 Å². The quantitative estimate of drug-likeness (QED) is 0.531. The molecule has 2 saturated heterocycles. The lowest BCUT2D eigenvalue weighted by molar-refractivity contribution is -0.141. The topological polar surface area (TPSA) is 57.7 Å². The number of ketones is 1. The molecule has 1 aromatic carbocycles. The van der Waals surface area contributed by atoms with Crippen LogP contribution in [0.25, 0.3) is 6.08 Å². The van der Waals surface area contributed by atoms with Crippen LogP contribution in [-0.2, 0) is 14.4 Å². The molecule has 4 rings (SSSR count). The summed E-state index contributed by atoms with van der Waals surface area (Å²) in [6.07, 6.45) is 5.50. The molecule has 2 unspecified atom stereocenters. The highest BCUT2D eigenvalue weighted by molar-refractivity contribution is 9.10. The average molecular weight is 443 g/mol. The number of anilines is 1. The van der Waals surface area contributed by atoms with Crippen molar-refractivity contribution in [3.05, 3.63) is 47.0 Å². The first kappa shape index (κ1) is 19.1. The number of nitrogens with zero attached hydrogens (tertiary/aromatic N) is 2. The van der Waals surface area contributed by atoms with Crippen molar-refractivity contribution in [1.29, 1.82) is 0 Å². The third-order valence-electron chi connectivity index (χ3n) is 5.88. The number of hydrogen-bond donors (Lipinski definition) is 0. The van der Waals surface area contributed by atoms with Crippen LogP contribution in [0.5, 0.6) is 0 Å². The van der Waals surface area contributed by atoms with Gasteiger partial charge in [-0.15, -0.1) is 6.58 Å². The summed E-state index contributed by atoms with van der Waals surface area (Å²) in [5.41, 5.74) is 1.24. The molecule has 0 saturated carbocycles. The highest BCUT2D eigenvalue weighted by Gasteiger charge is 2.64. The molecule has 6 heteroatoms. The van der Waals surface area contributed by atoms with Crippen LogP contribution in [0.3, 0.4) is 0 Å². The Kier molecular flexibility index (Phi) is 4.38. The van der Waals surface area contributed by atoms with E-state index in [1.54, 1.807) is 6.08 Å². The number of carbonyl (C=O) groups excluding carboxylic acids is 3. The molecule has 0 radical (unpaired) electrons. The fraction of sp³-hybridized carbons (Fsp3) is 0.409. The first-order chi connectivity index (χ1) is 13.2. The molecule has 2 amide bonds. The Morgan fingerprint density at radius 1 is 1.21 bits per heavy atom. The van der Waals surface area contributed by atoms with Gasteiger partial charge < -0.3 is 4.90 Å². The lowest BCUT2D eigenvalue weighted by Crippen LogP contribution is -2.51. The first-order valence-corrected chi connectivity index (χ1v) is 10.2. The van der Waals surface area contributed by atoms with Gasteiger partial charge in [-0.3, -0.25) is 19.3 Å². The Balaban J connectivity index is 1.88. The Labute approximate surface area is 173 Å². The summed E-state index contributed by atoms with van der Waals surface area (Å²) in [5.74, 6) is -1.70. The van der Waals surface area contributed by atoms with Crippen molar-refractivity contribution in [3.63, 3.8) is 0 Å². The number of benzene rings is 1. The van der Waals surface area contributed by atoms with Gasteiger partial charge in [0, 0.05) is 22.1 Å². The second-order valence-electron chi connectivity index (χ2n) is 8.65. The molecule has 4 atom stereocenters. The van der Waals surface area contributed by atoms with E-state index in [1.807, 2.05) is 56.0 Å². The third kappa shape index (κ3) is 2.61. The summed E-state index contributed by atoms with van der Waals surface area (Å²) >= 11 is 3.49. The Bertz CT molecular complexity index is 930. The standard InChI is InChI=1S/C22H23BrN2O3/c1-5-10-24-20(27)16-15-8-6-12-11-13(23)7-9-14(12)25(15)18(17(16)21(24)28)19(26)22(2,3)4/h5-9,11,15-18H,1,10H2,2-4H3/t15?,16-,17-,18?/m0/s1. The van der Waals surface area contributed by atoms with E-state index < -0.39 is 23.3 Å². The highest BCUT2D eigenvalue weighted by atomic mass is 79.9. The number of fused-ring (bicyclic) bond motifs is 5. The SMILES string of the molecule is C=CCN1C(=O)[C@@H]2C(C(=O)C(C)(C)C)N3c4ccc(Br)cc4C=CC3[C@@H]2C1=O. The highest BCUT2D eigenvalue weighted by Crippen LogP contribution is 2.50. The van der Waals surface area contributed by atoms with Gasteiger partial charge in [0.2, 0.25) is 11.8 Å². The predicted molar refractivity (Wildman–Crippen MR) is 112 cm³/mol. The van der Waals surface area contributed by atoms with Crippen LogP contribution in [0.15, 0.2) is 41.4 Å². The van der Waals surface area contributed by atoms with E-state index in [2.05, 4.69) is 22.5 Å². The molecular formula is C22H23BrN2O3. The maximum Gasteiger partial charge on any atom is 0.236 e. The zero-order valence-electron chi connectivity index (χ0n) is 16.2. The predicted octanol–water partition coefficient (Wildman–Crippen LogP) is 3.44. The summed E-state index contributed by atoms with van der Waals surface area (Å²) in [6.45, 7) is 9.43. The maximum absolute atomic E-state index is 13.5. The number of likely N-dealkylation sites (tertiary alicyclic amines) is 1. The van der Waals surface area contributed by atoms with Gasteiger partial charge in [-0.1, -0.05) is 54.9 Å². The average Bonchev–Trinajstić information content (AvgIpc) is 3.09. The van der Waals surface area contributed by atoms with E-state index >= 15 is 0 Å². The summed E-state index contributed by atoms with van der Waals surface area (Å²) in [7, 11) is 0. The summed E-state index contributed by atoms with van der Waals surface area (Å²) in [5, 5.41) is 0. The molecule has 0 aromatic heterocycles. The maximum atomic E-state index is 13.5. The lowest BCUT2D eigenvalue weighted by Gasteiger charge is -2.38. The second kappa shape index (κ2) is 6.41. The van der Waals surface area contributed by atoms with Crippen LogP contribution in [0, 0.1) is 17.3 Å². The number of carbonyl (C=O) groups is 3. The Morgan fingerprint density at radius 3 is 2.54 bits per heavy atom. The Hall–Kier alpha value is -2.21. The fourth-order valence-electron chi connectivity index (χ4n) is 4.66.